The van der Waals surface area contributed by atoms with Gasteiger partial charge in [-0.1, -0.05) is 11.6 Å². The lowest BCUT2D eigenvalue weighted by Crippen LogP contribution is -2.48. The Bertz CT molecular complexity index is 436. The van der Waals surface area contributed by atoms with Crippen molar-refractivity contribution in [2.45, 2.75) is 13.0 Å². The molecule has 0 aliphatic carbocycles. The average Bonchev–Trinajstić information content (AvgIpc) is 2.30. The van der Waals surface area contributed by atoms with Gasteiger partial charge in [0.25, 0.3) is 5.91 Å². The first-order valence-electron chi connectivity index (χ1n) is 5.41. The van der Waals surface area contributed by atoms with Crippen LogP contribution >= 0.6 is 11.6 Å². The molecule has 5 heteroatoms. The molecular formula is C12H14ClNO3. The molecule has 0 bridgehead atoms. The second-order valence-electron chi connectivity index (χ2n) is 4.05. The highest BCUT2D eigenvalue weighted by Crippen LogP contribution is 2.25. The topological polar surface area (TPSA) is 49.8 Å². The molecule has 0 saturated carbocycles. The minimum Gasteiger partial charge on any atom is -0.394 e. The number of morpholine rings is 1. The molecule has 1 amide bonds. The van der Waals surface area contributed by atoms with Gasteiger partial charge in [-0.3, -0.25) is 4.79 Å². The van der Waals surface area contributed by atoms with E-state index in [0.717, 1.165) is 11.3 Å². The van der Waals surface area contributed by atoms with Gasteiger partial charge in [0.15, 0.2) is 0 Å². The summed E-state index contributed by atoms with van der Waals surface area (Å²) in [4.78, 5) is 13.4. The van der Waals surface area contributed by atoms with Crippen molar-refractivity contribution in [1.82, 2.24) is 0 Å². The fourth-order valence-corrected chi connectivity index (χ4v) is 2.12. The van der Waals surface area contributed by atoms with Gasteiger partial charge in [0.05, 0.1) is 19.3 Å². The Morgan fingerprint density at radius 2 is 2.35 bits per heavy atom. The first-order valence-corrected chi connectivity index (χ1v) is 5.78. The fourth-order valence-electron chi connectivity index (χ4n) is 1.89. The minimum absolute atomic E-state index is 0.00724. The number of carbonyl (C=O) groups excluding carboxylic acids is 1. The van der Waals surface area contributed by atoms with Crippen LogP contribution in [0.2, 0.25) is 5.02 Å². The van der Waals surface area contributed by atoms with Crippen LogP contribution in [0.5, 0.6) is 0 Å². The summed E-state index contributed by atoms with van der Waals surface area (Å²) in [5.74, 6) is -0.0971. The van der Waals surface area contributed by atoms with E-state index < -0.39 is 0 Å². The van der Waals surface area contributed by atoms with Gasteiger partial charge >= 0.3 is 0 Å². The van der Waals surface area contributed by atoms with Crippen LogP contribution in [0.15, 0.2) is 18.2 Å². The zero-order valence-electron chi connectivity index (χ0n) is 9.52. The fraction of sp³-hybridized carbons (Fsp3) is 0.417. The average molecular weight is 256 g/mol. The van der Waals surface area contributed by atoms with Crippen molar-refractivity contribution in [2.24, 2.45) is 0 Å². The molecule has 17 heavy (non-hydrogen) atoms. The lowest BCUT2D eigenvalue weighted by Gasteiger charge is -2.32. The highest BCUT2D eigenvalue weighted by molar-refractivity contribution is 6.30. The van der Waals surface area contributed by atoms with Gasteiger partial charge in [0.2, 0.25) is 0 Å². The Morgan fingerprint density at radius 1 is 1.59 bits per heavy atom. The number of ether oxygens (including phenoxy) is 1. The smallest absolute Gasteiger partial charge is 0.253 e. The molecule has 1 unspecified atom stereocenters. The lowest BCUT2D eigenvalue weighted by atomic mass is 10.1. The maximum absolute atomic E-state index is 11.8. The summed E-state index contributed by atoms with van der Waals surface area (Å²) in [6, 6.07) is 5.38. The second kappa shape index (κ2) is 5.04. The molecule has 0 radical (unpaired) electrons. The largest absolute Gasteiger partial charge is 0.394 e. The van der Waals surface area contributed by atoms with Gasteiger partial charge in [-0.25, -0.2) is 0 Å². The number of aliphatic hydroxyl groups excluding tert-OH is 1. The van der Waals surface area contributed by atoms with Crippen LogP contribution in [0.25, 0.3) is 0 Å². The molecule has 1 atom stereocenters. The molecule has 1 N–H and O–H groups in total. The molecule has 1 aromatic rings. The number of carbonyl (C=O) groups is 1. The van der Waals surface area contributed by atoms with Gasteiger partial charge in [0.1, 0.15) is 6.61 Å². The third-order valence-corrected chi connectivity index (χ3v) is 3.02. The third kappa shape index (κ3) is 2.60. The quantitative estimate of drug-likeness (QED) is 0.869. The molecule has 4 nitrogen and oxygen atoms in total. The third-order valence-electron chi connectivity index (χ3n) is 2.78. The van der Waals surface area contributed by atoms with Crippen LogP contribution in [-0.2, 0) is 9.53 Å². The number of nitrogens with zero attached hydrogens (tertiary/aromatic N) is 1. The lowest BCUT2D eigenvalue weighted by molar-refractivity contribution is -0.130. The van der Waals surface area contributed by atoms with Crippen molar-refractivity contribution in [2.75, 3.05) is 24.7 Å². The Labute approximate surface area is 105 Å². The standard InChI is InChI=1S/C12H14ClNO3/c1-8-4-9(13)2-3-11(8)14-5-10(6-15)17-7-12(14)16/h2-4,10,15H,5-7H2,1H3. The molecule has 1 aliphatic heterocycles. The number of hydrogen-bond acceptors (Lipinski definition) is 3. The van der Waals surface area contributed by atoms with E-state index in [2.05, 4.69) is 0 Å². The second-order valence-corrected chi connectivity index (χ2v) is 4.49. The monoisotopic (exact) mass is 255 g/mol. The summed E-state index contributed by atoms with van der Waals surface area (Å²) in [6.07, 6.45) is -0.317. The highest BCUT2D eigenvalue weighted by Gasteiger charge is 2.27. The summed E-state index contributed by atoms with van der Waals surface area (Å²) >= 11 is 5.88. The number of aliphatic hydroxyl groups is 1. The van der Waals surface area contributed by atoms with E-state index >= 15 is 0 Å². The summed E-state index contributed by atoms with van der Waals surface area (Å²) in [5, 5.41) is 9.72. The van der Waals surface area contributed by atoms with Crippen LogP contribution in [0.4, 0.5) is 5.69 Å². The normalized spacial score (nSPS) is 20.8. The summed E-state index contributed by atoms with van der Waals surface area (Å²) < 4.78 is 5.19. The van der Waals surface area contributed by atoms with Crippen LogP contribution in [0.1, 0.15) is 5.56 Å². The Morgan fingerprint density at radius 3 is 3.00 bits per heavy atom. The van der Waals surface area contributed by atoms with E-state index in [9.17, 15) is 4.79 Å². The van der Waals surface area contributed by atoms with Gasteiger partial charge in [-0.2, -0.15) is 0 Å². The number of aryl methyl sites for hydroxylation is 1. The molecule has 1 fully saturated rings. The number of benzene rings is 1. The van der Waals surface area contributed by atoms with Crippen LogP contribution in [0.3, 0.4) is 0 Å². The van der Waals surface area contributed by atoms with Crippen molar-refractivity contribution in [1.29, 1.82) is 0 Å². The van der Waals surface area contributed by atoms with E-state index in [4.69, 9.17) is 21.4 Å². The predicted octanol–water partition coefficient (Wildman–Crippen LogP) is 1.37. The first-order chi connectivity index (χ1) is 8.11. The molecule has 0 aromatic heterocycles. The van der Waals surface area contributed by atoms with Crippen LogP contribution in [-0.4, -0.2) is 36.9 Å². The molecule has 1 aromatic carbocycles. The van der Waals surface area contributed by atoms with Gasteiger partial charge in [-0.05, 0) is 30.7 Å². The molecule has 0 spiro atoms. The number of anilines is 1. The molecule has 2 rings (SSSR count). The zero-order valence-corrected chi connectivity index (χ0v) is 10.3. The van der Waals surface area contributed by atoms with E-state index in [0.29, 0.717) is 11.6 Å². The van der Waals surface area contributed by atoms with Crippen molar-refractivity contribution in [3.63, 3.8) is 0 Å². The van der Waals surface area contributed by atoms with Crippen molar-refractivity contribution in [3.8, 4) is 0 Å². The Balaban J connectivity index is 2.27. The molecule has 1 heterocycles. The highest BCUT2D eigenvalue weighted by atomic mass is 35.5. The van der Waals surface area contributed by atoms with Gasteiger partial charge in [-0.15, -0.1) is 0 Å². The van der Waals surface area contributed by atoms with Crippen molar-refractivity contribution < 1.29 is 14.6 Å². The Hall–Kier alpha value is -1.10. The predicted molar refractivity (Wildman–Crippen MR) is 65.4 cm³/mol. The maximum Gasteiger partial charge on any atom is 0.253 e. The zero-order chi connectivity index (χ0) is 12.4. The van der Waals surface area contributed by atoms with Crippen LogP contribution < -0.4 is 4.90 Å². The molecular weight excluding hydrogens is 242 g/mol. The summed E-state index contributed by atoms with van der Waals surface area (Å²) in [7, 11) is 0. The summed E-state index contributed by atoms with van der Waals surface area (Å²) in [5.41, 5.74) is 1.76. The van der Waals surface area contributed by atoms with Gasteiger partial charge < -0.3 is 14.7 Å². The Kier molecular flexibility index (Phi) is 3.66. The number of hydrogen-bond donors (Lipinski definition) is 1. The van der Waals surface area contributed by atoms with E-state index in [-0.39, 0.29) is 25.2 Å². The number of amides is 1. The number of rotatable bonds is 2. The molecule has 1 aliphatic rings. The molecule has 1 saturated heterocycles. The van der Waals surface area contributed by atoms with Gasteiger partial charge in [0, 0.05) is 10.7 Å². The van der Waals surface area contributed by atoms with E-state index in [1.807, 2.05) is 19.1 Å². The number of halogens is 1. The van der Waals surface area contributed by atoms with Crippen molar-refractivity contribution in [3.05, 3.63) is 28.8 Å². The van der Waals surface area contributed by atoms with Crippen LogP contribution in [0, 0.1) is 6.92 Å². The molecule has 92 valence electrons. The van der Waals surface area contributed by atoms with Crippen molar-refractivity contribution >= 4 is 23.2 Å². The first kappa shape index (κ1) is 12.4. The minimum atomic E-state index is -0.317. The maximum atomic E-state index is 11.8. The SMILES string of the molecule is Cc1cc(Cl)ccc1N1CC(CO)OCC1=O. The summed E-state index contributed by atoms with van der Waals surface area (Å²) in [6.45, 7) is 2.19. The van der Waals surface area contributed by atoms with E-state index in [1.165, 1.54) is 0 Å². The van der Waals surface area contributed by atoms with E-state index in [1.54, 1.807) is 11.0 Å².